The summed E-state index contributed by atoms with van der Waals surface area (Å²) in [5.41, 5.74) is 1.28. The molecule has 3 rings (SSSR count). The van der Waals surface area contributed by atoms with Crippen LogP contribution in [0.25, 0.3) is 22.1 Å². The van der Waals surface area contributed by atoms with Crippen molar-refractivity contribution < 1.29 is 13.9 Å². The average molecular weight is 308 g/mol. The second-order valence-electron chi connectivity index (χ2n) is 5.59. The highest BCUT2D eigenvalue weighted by Crippen LogP contribution is 2.24. The second-order valence-corrected chi connectivity index (χ2v) is 5.59. The molecule has 116 valence electrons. The van der Waals surface area contributed by atoms with Gasteiger partial charge >= 0.3 is 11.6 Å². The maximum atomic E-state index is 12.2. The van der Waals surface area contributed by atoms with Crippen LogP contribution in [0.4, 0.5) is 0 Å². The molecule has 0 saturated heterocycles. The van der Waals surface area contributed by atoms with Gasteiger partial charge in [0.15, 0.2) is 0 Å². The summed E-state index contributed by atoms with van der Waals surface area (Å²) in [6, 6.07) is 16.2. The van der Waals surface area contributed by atoms with E-state index in [1.807, 2.05) is 30.3 Å². The molecule has 0 aliphatic heterocycles. The maximum Gasteiger partial charge on any atom is 0.344 e. The molecule has 1 heterocycles. The Hall–Kier alpha value is -2.88. The van der Waals surface area contributed by atoms with Gasteiger partial charge in [0, 0.05) is 11.5 Å². The van der Waals surface area contributed by atoms with Crippen LogP contribution in [0.1, 0.15) is 13.8 Å². The Bertz CT molecular complexity index is 908. The Balaban J connectivity index is 2.03. The third-order valence-corrected chi connectivity index (χ3v) is 3.48. The van der Waals surface area contributed by atoms with E-state index in [0.29, 0.717) is 16.9 Å². The Morgan fingerprint density at radius 3 is 2.48 bits per heavy atom. The van der Waals surface area contributed by atoms with Crippen LogP contribution in [0.15, 0.2) is 63.8 Å². The van der Waals surface area contributed by atoms with Crippen molar-refractivity contribution in [2.75, 3.05) is 0 Å². The van der Waals surface area contributed by atoms with Crippen LogP contribution in [0.5, 0.6) is 5.75 Å². The summed E-state index contributed by atoms with van der Waals surface area (Å²) in [6.07, 6.45) is 0. The van der Waals surface area contributed by atoms with Crippen LogP contribution in [0.3, 0.4) is 0 Å². The van der Waals surface area contributed by atoms with Crippen molar-refractivity contribution >= 4 is 16.9 Å². The number of carbonyl (C=O) groups excluding carboxylic acids is 1. The highest BCUT2D eigenvalue weighted by Gasteiger charge is 2.12. The van der Waals surface area contributed by atoms with Crippen LogP contribution >= 0.6 is 0 Å². The molecule has 0 fully saturated rings. The van der Waals surface area contributed by atoms with E-state index in [1.54, 1.807) is 38.1 Å². The monoisotopic (exact) mass is 308 g/mol. The van der Waals surface area contributed by atoms with Crippen LogP contribution in [0, 0.1) is 5.92 Å². The van der Waals surface area contributed by atoms with E-state index in [1.165, 1.54) is 0 Å². The fraction of sp³-hybridized carbons (Fsp3) is 0.158. The molecule has 0 bridgehead atoms. The molecule has 0 amide bonds. The number of hydrogen-bond acceptors (Lipinski definition) is 4. The summed E-state index contributed by atoms with van der Waals surface area (Å²) in [4.78, 5) is 23.8. The van der Waals surface area contributed by atoms with E-state index in [4.69, 9.17) is 9.15 Å². The van der Waals surface area contributed by atoms with E-state index in [9.17, 15) is 9.59 Å². The molecule has 0 atom stereocenters. The number of ether oxygens (including phenoxy) is 1. The van der Waals surface area contributed by atoms with E-state index in [-0.39, 0.29) is 11.9 Å². The summed E-state index contributed by atoms with van der Waals surface area (Å²) in [5.74, 6) is -0.183. The number of carbonyl (C=O) groups is 1. The molecular formula is C19H16O4. The van der Waals surface area contributed by atoms with Gasteiger partial charge < -0.3 is 9.15 Å². The molecule has 0 N–H and O–H groups in total. The van der Waals surface area contributed by atoms with Gasteiger partial charge in [-0.25, -0.2) is 4.79 Å². The number of fused-ring (bicyclic) bond motifs is 1. The zero-order valence-corrected chi connectivity index (χ0v) is 12.9. The minimum atomic E-state index is -0.420. The minimum Gasteiger partial charge on any atom is -0.426 e. The minimum absolute atomic E-state index is 0.224. The second kappa shape index (κ2) is 6.08. The topological polar surface area (TPSA) is 56.5 Å². The lowest BCUT2D eigenvalue weighted by Gasteiger charge is -2.07. The number of benzene rings is 2. The van der Waals surface area contributed by atoms with E-state index in [2.05, 4.69) is 0 Å². The van der Waals surface area contributed by atoms with Crippen LogP contribution in [-0.2, 0) is 4.79 Å². The van der Waals surface area contributed by atoms with Gasteiger partial charge in [0.25, 0.3) is 0 Å². The van der Waals surface area contributed by atoms with Gasteiger partial charge in [-0.3, -0.25) is 4.79 Å². The zero-order chi connectivity index (χ0) is 16.4. The highest BCUT2D eigenvalue weighted by atomic mass is 16.5. The zero-order valence-electron chi connectivity index (χ0n) is 12.9. The Kier molecular flexibility index (Phi) is 3.98. The molecular weight excluding hydrogens is 292 g/mol. The standard InChI is InChI=1S/C19H16O4/c1-12(2)18(20)22-15-9-8-14-10-16(13-6-4-3-5-7-13)19(21)23-17(14)11-15/h3-12H,1-2H3. The summed E-state index contributed by atoms with van der Waals surface area (Å²) in [5, 5.41) is 0.771. The molecule has 0 aliphatic carbocycles. The van der Waals surface area contributed by atoms with E-state index >= 15 is 0 Å². The first-order valence-electron chi connectivity index (χ1n) is 7.39. The van der Waals surface area contributed by atoms with Gasteiger partial charge in [-0.15, -0.1) is 0 Å². The van der Waals surface area contributed by atoms with Crippen molar-refractivity contribution in [1.29, 1.82) is 0 Å². The molecule has 2 aromatic carbocycles. The summed E-state index contributed by atoms with van der Waals surface area (Å²) < 4.78 is 10.6. The first kappa shape index (κ1) is 15.0. The quantitative estimate of drug-likeness (QED) is 0.416. The average Bonchev–Trinajstić information content (AvgIpc) is 2.54. The Labute approximate surface area is 133 Å². The predicted molar refractivity (Wildman–Crippen MR) is 88.4 cm³/mol. The van der Waals surface area contributed by atoms with Crippen LogP contribution in [-0.4, -0.2) is 5.97 Å². The molecule has 23 heavy (non-hydrogen) atoms. The van der Waals surface area contributed by atoms with Crippen molar-refractivity contribution in [3.63, 3.8) is 0 Å². The van der Waals surface area contributed by atoms with Crippen molar-refractivity contribution in [2.45, 2.75) is 13.8 Å². The number of rotatable bonds is 3. The fourth-order valence-corrected chi connectivity index (χ4v) is 2.21. The van der Waals surface area contributed by atoms with E-state index in [0.717, 1.165) is 10.9 Å². The fourth-order valence-electron chi connectivity index (χ4n) is 2.21. The Morgan fingerprint density at radius 2 is 1.78 bits per heavy atom. The lowest BCUT2D eigenvalue weighted by molar-refractivity contribution is -0.137. The van der Waals surface area contributed by atoms with Gasteiger partial charge in [0.05, 0.1) is 11.5 Å². The van der Waals surface area contributed by atoms with Gasteiger partial charge in [-0.05, 0) is 23.8 Å². The SMILES string of the molecule is CC(C)C(=O)Oc1ccc2cc(-c3ccccc3)c(=O)oc2c1. The number of esters is 1. The third-order valence-electron chi connectivity index (χ3n) is 3.48. The molecule has 3 aromatic rings. The van der Waals surface area contributed by atoms with Gasteiger partial charge in [0.1, 0.15) is 11.3 Å². The molecule has 1 aromatic heterocycles. The molecule has 0 saturated carbocycles. The molecule has 0 aliphatic rings. The highest BCUT2D eigenvalue weighted by molar-refractivity contribution is 5.83. The Morgan fingerprint density at radius 1 is 1.04 bits per heavy atom. The third kappa shape index (κ3) is 3.16. The van der Waals surface area contributed by atoms with Crippen molar-refractivity contribution in [3.05, 3.63) is 65.0 Å². The summed E-state index contributed by atoms with van der Waals surface area (Å²) in [7, 11) is 0. The predicted octanol–water partition coefficient (Wildman–Crippen LogP) is 4.02. The first-order valence-corrected chi connectivity index (χ1v) is 7.39. The van der Waals surface area contributed by atoms with Crippen molar-refractivity contribution in [2.24, 2.45) is 5.92 Å². The summed E-state index contributed by atoms with van der Waals surface area (Å²) >= 11 is 0. The maximum absolute atomic E-state index is 12.2. The van der Waals surface area contributed by atoms with Crippen molar-refractivity contribution in [1.82, 2.24) is 0 Å². The van der Waals surface area contributed by atoms with Crippen LogP contribution < -0.4 is 10.4 Å². The van der Waals surface area contributed by atoms with E-state index < -0.39 is 5.63 Å². The number of hydrogen-bond donors (Lipinski definition) is 0. The van der Waals surface area contributed by atoms with Gasteiger partial charge in [-0.1, -0.05) is 44.2 Å². The first-order chi connectivity index (χ1) is 11.0. The van der Waals surface area contributed by atoms with Gasteiger partial charge in [-0.2, -0.15) is 0 Å². The molecule has 0 spiro atoms. The smallest absolute Gasteiger partial charge is 0.344 e. The summed E-state index contributed by atoms with van der Waals surface area (Å²) in [6.45, 7) is 3.52. The molecule has 0 unspecified atom stereocenters. The van der Waals surface area contributed by atoms with Gasteiger partial charge in [0.2, 0.25) is 0 Å². The largest absolute Gasteiger partial charge is 0.426 e. The molecule has 4 nitrogen and oxygen atoms in total. The lowest BCUT2D eigenvalue weighted by Crippen LogP contribution is -2.14. The normalized spacial score (nSPS) is 10.9. The molecule has 0 radical (unpaired) electrons. The van der Waals surface area contributed by atoms with Crippen molar-refractivity contribution in [3.8, 4) is 16.9 Å². The molecule has 4 heteroatoms. The van der Waals surface area contributed by atoms with Crippen LogP contribution in [0.2, 0.25) is 0 Å². The lowest BCUT2D eigenvalue weighted by atomic mass is 10.1.